The Kier molecular flexibility index (Phi) is 3.59. The summed E-state index contributed by atoms with van der Waals surface area (Å²) >= 11 is 0. The second kappa shape index (κ2) is 5.03. The topological polar surface area (TPSA) is 76.0 Å². The number of carbonyl (C=O) groups is 1. The Labute approximate surface area is 112 Å². The van der Waals surface area contributed by atoms with Crippen LogP contribution in [0.2, 0.25) is 0 Å². The number of hydrogen-bond acceptors (Lipinski definition) is 4. The van der Waals surface area contributed by atoms with Gasteiger partial charge in [0.25, 0.3) is 5.56 Å². The van der Waals surface area contributed by atoms with Crippen LogP contribution in [0.5, 0.6) is 0 Å². The van der Waals surface area contributed by atoms with E-state index in [1.54, 1.807) is 17.0 Å². The summed E-state index contributed by atoms with van der Waals surface area (Å²) in [5, 5.41) is 5.90. The first-order chi connectivity index (χ1) is 8.88. The van der Waals surface area contributed by atoms with Crippen LogP contribution >= 0.6 is 0 Å². The number of hydrogen-bond donors (Lipinski definition) is 2. The summed E-state index contributed by atoms with van der Waals surface area (Å²) < 4.78 is 1.66. The Bertz CT molecular complexity index is 520. The molecule has 0 aliphatic carbocycles. The zero-order valence-corrected chi connectivity index (χ0v) is 11.6. The SMILES string of the molecule is CC(C)(C)n1ccnc(NC2CCC(=O)NC2)c1=O. The number of nitrogens with one attached hydrogen (secondary N) is 2. The first-order valence-corrected chi connectivity index (χ1v) is 6.49. The lowest BCUT2D eigenvalue weighted by molar-refractivity contribution is -0.122. The lowest BCUT2D eigenvalue weighted by Crippen LogP contribution is -2.44. The van der Waals surface area contributed by atoms with Gasteiger partial charge in [-0.1, -0.05) is 0 Å². The molecule has 0 bridgehead atoms. The maximum atomic E-state index is 12.3. The molecule has 1 fully saturated rings. The van der Waals surface area contributed by atoms with Crippen molar-refractivity contribution in [1.29, 1.82) is 0 Å². The van der Waals surface area contributed by atoms with E-state index in [1.807, 2.05) is 20.8 Å². The van der Waals surface area contributed by atoms with E-state index in [2.05, 4.69) is 15.6 Å². The molecule has 0 aromatic carbocycles. The molecule has 1 aromatic heterocycles. The Morgan fingerprint density at radius 1 is 1.42 bits per heavy atom. The van der Waals surface area contributed by atoms with Crippen LogP contribution in [-0.4, -0.2) is 28.0 Å². The first kappa shape index (κ1) is 13.6. The van der Waals surface area contributed by atoms with E-state index in [0.717, 1.165) is 6.42 Å². The minimum atomic E-state index is -0.281. The standard InChI is InChI=1S/C13H20N4O2/c1-13(2,3)17-7-6-14-11(12(17)19)16-9-4-5-10(18)15-8-9/h6-7,9H,4-5,8H2,1-3H3,(H,14,16)(H,15,18). The molecule has 2 N–H and O–H groups in total. The van der Waals surface area contributed by atoms with E-state index in [0.29, 0.717) is 18.8 Å². The molecule has 0 saturated carbocycles. The number of aromatic nitrogens is 2. The van der Waals surface area contributed by atoms with Gasteiger partial charge < -0.3 is 15.2 Å². The van der Waals surface area contributed by atoms with Crippen molar-refractivity contribution >= 4 is 11.7 Å². The Balaban J connectivity index is 2.18. The average Bonchev–Trinajstić information content (AvgIpc) is 2.33. The molecular weight excluding hydrogens is 244 g/mol. The molecule has 1 aliphatic heterocycles. The zero-order chi connectivity index (χ0) is 14.0. The van der Waals surface area contributed by atoms with Crippen molar-refractivity contribution in [3.05, 3.63) is 22.7 Å². The molecule has 1 aliphatic rings. The summed E-state index contributed by atoms with van der Waals surface area (Å²) in [6.07, 6.45) is 4.52. The van der Waals surface area contributed by atoms with Gasteiger partial charge in [0.05, 0.1) is 0 Å². The molecule has 6 heteroatoms. The van der Waals surface area contributed by atoms with Crippen LogP contribution in [0, 0.1) is 0 Å². The van der Waals surface area contributed by atoms with Crippen LogP contribution in [0.3, 0.4) is 0 Å². The largest absolute Gasteiger partial charge is 0.361 e. The van der Waals surface area contributed by atoms with Gasteiger partial charge in [0.15, 0.2) is 5.82 Å². The third kappa shape index (κ3) is 3.13. The summed E-state index contributed by atoms with van der Waals surface area (Å²) in [6.45, 7) is 6.45. The maximum Gasteiger partial charge on any atom is 0.293 e. The number of amides is 1. The van der Waals surface area contributed by atoms with Crippen molar-refractivity contribution in [3.63, 3.8) is 0 Å². The van der Waals surface area contributed by atoms with Crippen molar-refractivity contribution in [2.24, 2.45) is 0 Å². The van der Waals surface area contributed by atoms with E-state index in [4.69, 9.17) is 0 Å². The molecule has 6 nitrogen and oxygen atoms in total. The number of nitrogens with zero attached hydrogens (tertiary/aromatic N) is 2. The zero-order valence-electron chi connectivity index (χ0n) is 11.6. The fraction of sp³-hybridized carbons (Fsp3) is 0.615. The van der Waals surface area contributed by atoms with Gasteiger partial charge in [-0.15, -0.1) is 0 Å². The minimum Gasteiger partial charge on any atom is -0.361 e. The molecule has 1 unspecified atom stereocenters. The van der Waals surface area contributed by atoms with E-state index < -0.39 is 0 Å². The number of piperidine rings is 1. The highest BCUT2D eigenvalue weighted by molar-refractivity contribution is 5.76. The molecule has 1 saturated heterocycles. The van der Waals surface area contributed by atoms with Gasteiger partial charge in [-0.05, 0) is 27.2 Å². The van der Waals surface area contributed by atoms with Crippen molar-refractivity contribution < 1.29 is 4.79 Å². The summed E-state index contributed by atoms with van der Waals surface area (Å²) in [7, 11) is 0. The van der Waals surface area contributed by atoms with E-state index in [9.17, 15) is 9.59 Å². The van der Waals surface area contributed by atoms with Crippen molar-refractivity contribution in [1.82, 2.24) is 14.9 Å². The molecule has 19 heavy (non-hydrogen) atoms. The normalized spacial score (nSPS) is 19.9. The predicted octanol–water partition coefficient (Wildman–Crippen LogP) is 0.689. The molecule has 0 spiro atoms. The Hall–Kier alpha value is -1.85. The Morgan fingerprint density at radius 2 is 2.16 bits per heavy atom. The van der Waals surface area contributed by atoms with Gasteiger partial charge in [-0.25, -0.2) is 4.98 Å². The predicted molar refractivity (Wildman–Crippen MR) is 73.1 cm³/mol. The summed E-state index contributed by atoms with van der Waals surface area (Å²) in [4.78, 5) is 27.5. The summed E-state index contributed by atoms with van der Waals surface area (Å²) in [6, 6.07) is 0.0636. The molecule has 0 radical (unpaired) electrons. The monoisotopic (exact) mass is 264 g/mol. The van der Waals surface area contributed by atoms with Crippen LogP contribution in [0.4, 0.5) is 5.82 Å². The molecule has 1 atom stereocenters. The van der Waals surface area contributed by atoms with E-state index >= 15 is 0 Å². The number of anilines is 1. The highest BCUT2D eigenvalue weighted by atomic mass is 16.1. The summed E-state index contributed by atoms with van der Waals surface area (Å²) in [5.74, 6) is 0.407. The van der Waals surface area contributed by atoms with Gasteiger partial charge in [-0.3, -0.25) is 9.59 Å². The van der Waals surface area contributed by atoms with Gasteiger partial charge >= 0.3 is 0 Å². The molecule has 2 heterocycles. The molecular formula is C13H20N4O2. The fourth-order valence-corrected chi connectivity index (χ4v) is 2.09. The average molecular weight is 264 g/mol. The van der Waals surface area contributed by atoms with Crippen LogP contribution in [-0.2, 0) is 10.3 Å². The highest BCUT2D eigenvalue weighted by Gasteiger charge is 2.21. The van der Waals surface area contributed by atoms with Gasteiger partial charge in [0, 0.05) is 36.9 Å². The third-order valence-electron chi connectivity index (χ3n) is 3.17. The smallest absolute Gasteiger partial charge is 0.293 e. The quantitative estimate of drug-likeness (QED) is 0.824. The van der Waals surface area contributed by atoms with Gasteiger partial charge in [-0.2, -0.15) is 0 Å². The molecule has 104 valence electrons. The lowest BCUT2D eigenvalue weighted by atomic mass is 10.1. The fourth-order valence-electron chi connectivity index (χ4n) is 2.09. The van der Waals surface area contributed by atoms with E-state index in [-0.39, 0.29) is 23.0 Å². The molecule has 2 rings (SSSR count). The second-order valence-corrected chi connectivity index (χ2v) is 5.81. The maximum absolute atomic E-state index is 12.3. The van der Waals surface area contributed by atoms with Crippen LogP contribution in [0.25, 0.3) is 0 Å². The third-order valence-corrected chi connectivity index (χ3v) is 3.17. The lowest BCUT2D eigenvalue weighted by Gasteiger charge is -2.26. The van der Waals surface area contributed by atoms with Crippen LogP contribution < -0.4 is 16.2 Å². The van der Waals surface area contributed by atoms with E-state index in [1.165, 1.54) is 0 Å². The van der Waals surface area contributed by atoms with Gasteiger partial charge in [0.2, 0.25) is 5.91 Å². The van der Waals surface area contributed by atoms with Crippen molar-refractivity contribution in [3.8, 4) is 0 Å². The van der Waals surface area contributed by atoms with Crippen LogP contribution in [0.1, 0.15) is 33.6 Å². The van der Waals surface area contributed by atoms with Crippen LogP contribution in [0.15, 0.2) is 17.2 Å². The minimum absolute atomic E-state index is 0.0613. The first-order valence-electron chi connectivity index (χ1n) is 6.49. The molecule has 1 amide bonds. The number of carbonyl (C=O) groups excluding carboxylic acids is 1. The molecule has 1 aromatic rings. The second-order valence-electron chi connectivity index (χ2n) is 5.81. The Morgan fingerprint density at radius 3 is 2.74 bits per heavy atom. The van der Waals surface area contributed by atoms with Gasteiger partial charge in [0.1, 0.15) is 0 Å². The van der Waals surface area contributed by atoms with Crippen molar-refractivity contribution in [2.45, 2.75) is 45.2 Å². The number of rotatable bonds is 2. The highest BCUT2D eigenvalue weighted by Crippen LogP contribution is 2.12. The van der Waals surface area contributed by atoms with Crippen molar-refractivity contribution in [2.75, 3.05) is 11.9 Å². The summed E-state index contributed by atoms with van der Waals surface area (Å²) in [5.41, 5.74) is -0.413.